The molecule has 0 bridgehead atoms. The van der Waals surface area contributed by atoms with Gasteiger partial charge in [0, 0.05) is 29.4 Å². The highest BCUT2D eigenvalue weighted by atomic mass is 35.5. The number of allylic oxidation sites excluding steroid dienone is 1. The van der Waals surface area contributed by atoms with Gasteiger partial charge in [-0.15, -0.1) is 0 Å². The van der Waals surface area contributed by atoms with Crippen LogP contribution in [0.15, 0.2) is 41.7 Å². The van der Waals surface area contributed by atoms with Gasteiger partial charge < -0.3 is 10.2 Å². The van der Waals surface area contributed by atoms with E-state index < -0.39 is 0 Å². The van der Waals surface area contributed by atoms with Crippen LogP contribution in [0.3, 0.4) is 0 Å². The molecule has 2 atom stereocenters. The minimum atomic E-state index is -0.278. The summed E-state index contributed by atoms with van der Waals surface area (Å²) in [6, 6.07) is 7.90. The Morgan fingerprint density at radius 3 is 2.81 bits per heavy atom. The molecule has 1 aromatic heterocycles. The van der Waals surface area contributed by atoms with Gasteiger partial charge >= 0.3 is 0 Å². The number of nitrogens with zero attached hydrogens (tertiary/aromatic N) is 3. The highest BCUT2D eigenvalue weighted by molar-refractivity contribution is 6.31. The van der Waals surface area contributed by atoms with Crippen molar-refractivity contribution < 1.29 is 4.79 Å². The van der Waals surface area contributed by atoms with Crippen molar-refractivity contribution in [2.45, 2.75) is 45.7 Å². The van der Waals surface area contributed by atoms with E-state index in [2.05, 4.69) is 17.3 Å². The number of nitrogens with one attached hydrogen (secondary N) is 1. The van der Waals surface area contributed by atoms with E-state index in [0.717, 1.165) is 47.6 Å². The number of likely N-dealkylation sites (tertiary alicyclic amines) is 1. The molecule has 0 radical (unpaired) electrons. The van der Waals surface area contributed by atoms with Crippen molar-refractivity contribution in [1.82, 2.24) is 14.7 Å². The molecule has 1 amide bonds. The number of halogens is 1. The van der Waals surface area contributed by atoms with Crippen molar-refractivity contribution >= 4 is 23.3 Å². The second-order valence-corrected chi connectivity index (χ2v) is 7.63. The van der Waals surface area contributed by atoms with Crippen LogP contribution in [0.2, 0.25) is 5.02 Å². The first-order valence-corrected chi connectivity index (χ1v) is 9.43. The lowest BCUT2D eigenvalue weighted by atomic mass is 9.93. The number of hydrogen-bond donors (Lipinski definition) is 1. The van der Waals surface area contributed by atoms with Gasteiger partial charge in [0.15, 0.2) is 0 Å². The first kappa shape index (κ1) is 17.2. The minimum Gasteiger partial charge on any atom is -0.344 e. The molecule has 2 aliphatic rings. The standard InChI is InChI=1S/C20H23ClN4O/c1-12-6-7-15(11-16(12)21)19-18(20(26)24-10-4-5-13(24)2)14(3)23-17-8-9-22-25(17)19/h6-9,11,13,19,23H,4-5,10H2,1-3H3/t13-,19?/m1/s1. The number of hydrogen-bond acceptors (Lipinski definition) is 3. The molecule has 5 nitrogen and oxygen atoms in total. The number of rotatable bonds is 2. The Hall–Kier alpha value is -2.27. The fourth-order valence-corrected chi connectivity index (χ4v) is 4.15. The molecular weight excluding hydrogens is 348 g/mol. The lowest BCUT2D eigenvalue weighted by Gasteiger charge is -2.33. The highest BCUT2D eigenvalue weighted by Gasteiger charge is 2.37. The van der Waals surface area contributed by atoms with Crippen molar-refractivity contribution in [2.75, 3.05) is 11.9 Å². The van der Waals surface area contributed by atoms with Crippen LogP contribution >= 0.6 is 11.6 Å². The van der Waals surface area contributed by atoms with Crippen molar-refractivity contribution in [2.24, 2.45) is 0 Å². The van der Waals surface area contributed by atoms with Gasteiger partial charge in [0.2, 0.25) is 0 Å². The molecule has 0 spiro atoms. The van der Waals surface area contributed by atoms with Gasteiger partial charge in [0.05, 0.1) is 11.8 Å². The van der Waals surface area contributed by atoms with E-state index in [0.29, 0.717) is 5.02 Å². The number of fused-ring (bicyclic) bond motifs is 1. The summed E-state index contributed by atoms with van der Waals surface area (Å²) in [5.41, 5.74) is 3.62. The zero-order valence-corrected chi connectivity index (χ0v) is 16.0. The molecule has 1 unspecified atom stereocenters. The monoisotopic (exact) mass is 370 g/mol. The molecule has 3 heterocycles. The molecule has 1 aromatic carbocycles. The summed E-state index contributed by atoms with van der Waals surface area (Å²) in [5.74, 6) is 0.970. The minimum absolute atomic E-state index is 0.0860. The maximum atomic E-state index is 13.4. The molecule has 1 N–H and O–H groups in total. The molecule has 0 saturated carbocycles. The number of amides is 1. The Kier molecular flexibility index (Phi) is 4.27. The quantitative estimate of drug-likeness (QED) is 0.864. The zero-order valence-electron chi connectivity index (χ0n) is 15.3. The Labute approximate surface area is 158 Å². The topological polar surface area (TPSA) is 50.2 Å². The smallest absolute Gasteiger partial charge is 0.254 e. The number of carbonyl (C=O) groups excluding carboxylic acids is 1. The Morgan fingerprint density at radius 2 is 2.12 bits per heavy atom. The van der Waals surface area contributed by atoms with Gasteiger partial charge in [-0.3, -0.25) is 4.79 Å². The number of aryl methyl sites for hydroxylation is 1. The van der Waals surface area contributed by atoms with Crippen molar-refractivity contribution in [3.63, 3.8) is 0 Å². The third-order valence-corrected chi connectivity index (χ3v) is 5.87. The van der Waals surface area contributed by atoms with Gasteiger partial charge in [0.1, 0.15) is 11.9 Å². The molecule has 4 rings (SSSR count). The van der Waals surface area contributed by atoms with Crippen LogP contribution in [0.25, 0.3) is 0 Å². The van der Waals surface area contributed by atoms with E-state index in [1.807, 2.05) is 47.7 Å². The van der Waals surface area contributed by atoms with Gasteiger partial charge in [0.25, 0.3) is 5.91 Å². The van der Waals surface area contributed by atoms with Crippen LogP contribution in [0.4, 0.5) is 5.82 Å². The summed E-state index contributed by atoms with van der Waals surface area (Å²) >= 11 is 6.39. The highest BCUT2D eigenvalue weighted by Crippen LogP contribution is 2.38. The summed E-state index contributed by atoms with van der Waals surface area (Å²) in [5, 5.41) is 8.52. The number of aromatic nitrogens is 2. The van der Waals surface area contributed by atoms with Gasteiger partial charge in [-0.25, -0.2) is 4.68 Å². The van der Waals surface area contributed by atoms with Crippen LogP contribution < -0.4 is 5.32 Å². The molecule has 26 heavy (non-hydrogen) atoms. The summed E-state index contributed by atoms with van der Waals surface area (Å²) in [6.07, 6.45) is 3.87. The average molecular weight is 371 g/mol. The zero-order chi connectivity index (χ0) is 18.4. The van der Waals surface area contributed by atoms with Crippen LogP contribution in [-0.2, 0) is 4.79 Å². The summed E-state index contributed by atoms with van der Waals surface area (Å²) in [7, 11) is 0. The summed E-state index contributed by atoms with van der Waals surface area (Å²) in [4.78, 5) is 15.4. The van der Waals surface area contributed by atoms with E-state index in [9.17, 15) is 4.79 Å². The molecule has 2 aromatic rings. The van der Waals surface area contributed by atoms with Crippen molar-refractivity contribution in [3.8, 4) is 0 Å². The maximum Gasteiger partial charge on any atom is 0.254 e. The molecule has 1 fully saturated rings. The van der Waals surface area contributed by atoms with Crippen LogP contribution in [0.5, 0.6) is 0 Å². The lowest BCUT2D eigenvalue weighted by molar-refractivity contribution is -0.128. The third kappa shape index (κ3) is 2.71. The van der Waals surface area contributed by atoms with E-state index in [4.69, 9.17) is 11.6 Å². The summed E-state index contributed by atoms with van der Waals surface area (Å²) < 4.78 is 1.88. The van der Waals surface area contributed by atoms with E-state index in [1.54, 1.807) is 6.20 Å². The number of anilines is 1. The Balaban J connectivity index is 1.84. The fourth-order valence-electron chi connectivity index (χ4n) is 3.96. The Morgan fingerprint density at radius 1 is 1.31 bits per heavy atom. The molecule has 2 aliphatic heterocycles. The second-order valence-electron chi connectivity index (χ2n) is 7.23. The predicted molar refractivity (Wildman–Crippen MR) is 103 cm³/mol. The van der Waals surface area contributed by atoms with Gasteiger partial charge in [-0.1, -0.05) is 23.7 Å². The van der Waals surface area contributed by atoms with Crippen molar-refractivity contribution in [1.29, 1.82) is 0 Å². The van der Waals surface area contributed by atoms with Crippen molar-refractivity contribution in [3.05, 3.63) is 57.9 Å². The molecule has 1 saturated heterocycles. The maximum absolute atomic E-state index is 13.4. The molecule has 6 heteroatoms. The number of carbonyl (C=O) groups is 1. The van der Waals surface area contributed by atoms with E-state index >= 15 is 0 Å². The largest absolute Gasteiger partial charge is 0.344 e. The second kappa shape index (κ2) is 6.47. The fraction of sp³-hybridized carbons (Fsp3) is 0.400. The summed E-state index contributed by atoms with van der Waals surface area (Å²) in [6.45, 7) is 6.87. The number of benzene rings is 1. The van der Waals surface area contributed by atoms with E-state index in [1.165, 1.54) is 0 Å². The molecule has 0 aliphatic carbocycles. The SMILES string of the molecule is CC1=C(C(=O)N2CCC[C@H]2C)C(c2ccc(C)c(Cl)c2)n2nccc2N1. The normalized spacial score (nSPS) is 22.4. The lowest BCUT2D eigenvalue weighted by Crippen LogP contribution is -2.39. The Bertz CT molecular complexity index is 901. The first-order chi connectivity index (χ1) is 12.5. The first-order valence-electron chi connectivity index (χ1n) is 9.05. The average Bonchev–Trinajstić information content (AvgIpc) is 3.24. The van der Waals surface area contributed by atoms with E-state index in [-0.39, 0.29) is 18.0 Å². The predicted octanol–water partition coefficient (Wildman–Crippen LogP) is 4.14. The molecule has 136 valence electrons. The van der Waals surface area contributed by atoms with Crippen LogP contribution in [-0.4, -0.2) is 33.2 Å². The molecular formula is C20H23ClN4O. The van der Waals surface area contributed by atoms with Gasteiger partial charge in [-0.05, 0) is 50.8 Å². The van der Waals surface area contributed by atoms with Gasteiger partial charge in [-0.2, -0.15) is 5.10 Å². The van der Waals surface area contributed by atoms with Crippen LogP contribution in [0, 0.1) is 6.92 Å². The third-order valence-electron chi connectivity index (χ3n) is 5.46. The van der Waals surface area contributed by atoms with Crippen LogP contribution in [0.1, 0.15) is 43.9 Å².